The van der Waals surface area contributed by atoms with Crippen LogP contribution < -0.4 is 4.90 Å². The summed E-state index contributed by atoms with van der Waals surface area (Å²) in [6.45, 7) is 3.37. The Labute approximate surface area is 127 Å². The summed E-state index contributed by atoms with van der Waals surface area (Å²) in [4.78, 5) is 4.36. The molecule has 22 heavy (non-hydrogen) atoms. The van der Waals surface area contributed by atoms with Gasteiger partial charge in [0, 0.05) is 32.2 Å². The van der Waals surface area contributed by atoms with E-state index in [1.54, 1.807) is 0 Å². The van der Waals surface area contributed by atoms with E-state index >= 15 is 0 Å². The lowest BCUT2D eigenvalue weighted by molar-refractivity contribution is -0.137. The average Bonchev–Trinajstić information content (AvgIpc) is 3.16. The summed E-state index contributed by atoms with van der Waals surface area (Å²) in [7, 11) is 0. The molecule has 2 heterocycles. The third kappa shape index (κ3) is 2.81. The maximum Gasteiger partial charge on any atom is 0.416 e. The highest BCUT2D eigenvalue weighted by Crippen LogP contribution is 2.34. The fraction of sp³-hybridized carbons (Fsp3) is 0.438. The molecule has 0 unspecified atom stereocenters. The fourth-order valence-electron chi connectivity index (χ4n) is 3.13. The monoisotopic (exact) mass is 307 g/mol. The Balaban J connectivity index is 1.79. The van der Waals surface area contributed by atoms with Gasteiger partial charge in [0.25, 0.3) is 0 Å². The van der Waals surface area contributed by atoms with Crippen molar-refractivity contribution in [2.24, 2.45) is 0 Å². The SMILES string of the molecule is N#Cc1cc(C(F)(F)F)ccc1N1CC[C@@H](N2CC=CC2)C1. The normalized spacial score (nSPS) is 22.3. The van der Waals surface area contributed by atoms with E-state index in [9.17, 15) is 18.4 Å². The Bertz CT molecular complexity index is 623. The van der Waals surface area contributed by atoms with Crippen LogP contribution in [0.4, 0.5) is 18.9 Å². The van der Waals surface area contributed by atoms with Crippen LogP contribution in [0.2, 0.25) is 0 Å². The van der Waals surface area contributed by atoms with Gasteiger partial charge in [-0.05, 0) is 24.6 Å². The Hall–Kier alpha value is -2.00. The minimum atomic E-state index is -4.42. The molecule has 0 radical (unpaired) electrons. The van der Waals surface area contributed by atoms with Gasteiger partial charge in [0.1, 0.15) is 6.07 Å². The van der Waals surface area contributed by atoms with Gasteiger partial charge in [-0.15, -0.1) is 0 Å². The third-order valence-corrected chi connectivity index (χ3v) is 4.31. The van der Waals surface area contributed by atoms with Crippen molar-refractivity contribution < 1.29 is 13.2 Å². The first-order chi connectivity index (χ1) is 10.5. The van der Waals surface area contributed by atoms with Crippen LogP contribution in [-0.4, -0.2) is 37.1 Å². The van der Waals surface area contributed by atoms with Crippen LogP contribution in [0.5, 0.6) is 0 Å². The smallest absolute Gasteiger partial charge is 0.369 e. The summed E-state index contributed by atoms with van der Waals surface area (Å²) in [5.74, 6) is 0. The molecule has 116 valence electrons. The van der Waals surface area contributed by atoms with Gasteiger partial charge in [-0.1, -0.05) is 12.2 Å². The van der Waals surface area contributed by atoms with E-state index in [1.165, 1.54) is 6.07 Å². The number of hydrogen-bond acceptors (Lipinski definition) is 3. The molecule has 0 amide bonds. The molecular formula is C16H16F3N3. The summed E-state index contributed by atoms with van der Waals surface area (Å²) in [6, 6.07) is 5.72. The van der Waals surface area contributed by atoms with E-state index < -0.39 is 11.7 Å². The highest BCUT2D eigenvalue weighted by molar-refractivity contribution is 5.61. The van der Waals surface area contributed by atoms with Crippen molar-refractivity contribution in [3.8, 4) is 6.07 Å². The number of nitrogens with zero attached hydrogens (tertiary/aromatic N) is 3. The molecule has 0 N–H and O–H groups in total. The molecule has 0 aromatic heterocycles. The Morgan fingerprint density at radius 2 is 1.91 bits per heavy atom. The van der Waals surface area contributed by atoms with Gasteiger partial charge in [0.2, 0.25) is 0 Å². The summed E-state index contributed by atoms with van der Waals surface area (Å²) in [5, 5.41) is 9.18. The predicted molar refractivity (Wildman–Crippen MR) is 77.5 cm³/mol. The van der Waals surface area contributed by atoms with Crippen LogP contribution in [0.1, 0.15) is 17.5 Å². The lowest BCUT2D eigenvalue weighted by atomic mass is 10.1. The number of alkyl halides is 3. The van der Waals surface area contributed by atoms with Crippen LogP contribution in [0.15, 0.2) is 30.4 Å². The summed E-state index contributed by atoms with van der Waals surface area (Å²) in [6.07, 6.45) is 0.801. The van der Waals surface area contributed by atoms with Gasteiger partial charge in [-0.2, -0.15) is 18.4 Å². The molecule has 1 atom stereocenters. The van der Waals surface area contributed by atoms with Gasteiger partial charge >= 0.3 is 6.18 Å². The standard InChI is InChI=1S/C16H16F3N3/c17-16(18,19)13-3-4-15(12(9-13)10-20)22-8-5-14(11-22)21-6-1-2-7-21/h1-4,9,14H,5-8,11H2/t14-/m1/s1. The van der Waals surface area contributed by atoms with Crippen LogP contribution >= 0.6 is 0 Å². The lowest BCUT2D eigenvalue weighted by Crippen LogP contribution is -2.35. The molecular weight excluding hydrogens is 291 g/mol. The molecule has 6 heteroatoms. The largest absolute Gasteiger partial charge is 0.416 e. The van der Waals surface area contributed by atoms with Crippen molar-refractivity contribution >= 4 is 5.69 Å². The second-order valence-corrected chi connectivity index (χ2v) is 5.66. The summed E-state index contributed by atoms with van der Waals surface area (Å²) < 4.78 is 38.2. The molecule has 1 aromatic carbocycles. The molecule has 0 aliphatic carbocycles. The number of rotatable bonds is 2. The third-order valence-electron chi connectivity index (χ3n) is 4.31. The Morgan fingerprint density at radius 1 is 1.18 bits per heavy atom. The fourth-order valence-corrected chi connectivity index (χ4v) is 3.13. The number of anilines is 1. The van der Waals surface area contributed by atoms with Crippen LogP contribution in [0.25, 0.3) is 0 Å². The van der Waals surface area contributed by atoms with Gasteiger partial charge in [0.05, 0.1) is 16.8 Å². The molecule has 2 aliphatic heterocycles. The minimum absolute atomic E-state index is 0.0926. The molecule has 0 spiro atoms. The van der Waals surface area contributed by atoms with E-state index in [-0.39, 0.29) is 5.56 Å². The highest BCUT2D eigenvalue weighted by Gasteiger charge is 2.33. The quantitative estimate of drug-likeness (QED) is 0.787. The van der Waals surface area contributed by atoms with E-state index in [2.05, 4.69) is 17.1 Å². The zero-order chi connectivity index (χ0) is 15.7. The first kappa shape index (κ1) is 14.9. The topological polar surface area (TPSA) is 30.3 Å². The number of hydrogen-bond donors (Lipinski definition) is 0. The van der Waals surface area contributed by atoms with Gasteiger partial charge < -0.3 is 4.90 Å². The van der Waals surface area contributed by atoms with Crippen molar-refractivity contribution in [3.63, 3.8) is 0 Å². The van der Waals surface area contributed by atoms with E-state index in [4.69, 9.17) is 0 Å². The minimum Gasteiger partial charge on any atom is -0.369 e. The number of halogens is 3. The molecule has 0 bridgehead atoms. The van der Waals surface area contributed by atoms with Crippen LogP contribution in [-0.2, 0) is 6.18 Å². The molecule has 3 nitrogen and oxygen atoms in total. The van der Waals surface area contributed by atoms with Crippen molar-refractivity contribution in [2.45, 2.75) is 18.6 Å². The number of nitriles is 1. The summed E-state index contributed by atoms with van der Waals surface area (Å²) in [5.41, 5.74) is -0.0764. The molecule has 1 fully saturated rings. The van der Waals surface area contributed by atoms with E-state index in [0.29, 0.717) is 11.7 Å². The second-order valence-electron chi connectivity index (χ2n) is 5.66. The second kappa shape index (κ2) is 5.65. The molecule has 1 aromatic rings. The number of benzene rings is 1. The maximum atomic E-state index is 12.7. The lowest BCUT2D eigenvalue weighted by Gasteiger charge is -2.25. The molecule has 3 rings (SSSR count). The first-order valence-corrected chi connectivity index (χ1v) is 7.24. The Morgan fingerprint density at radius 3 is 2.55 bits per heavy atom. The highest BCUT2D eigenvalue weighted by atomic mass is 19.4. The van der Waals surface area contributed by atoms with Gasteiger partial charge in [-0.3, -0.25) is 4.90 Å². The molecule has 0 saturated carbocycles. The van der Waals surface area contributed by atoms with Gasteiger partial charge in [-0.25, -0.2) is 0 Å². The summed E-state index contributed by atoms with van der Waals surface area (Å²) >= 11 is 0. The van der Waals surface area contributed by atoms with Crippen molar-refractivity contribution in [3.05, 3.63) is 41.5 Å². The van der Waals surface area contributed by atoms with Crippen molar-refractivity contribution in [1.29, 1.82) is 5.26 Å². The maximum absolute atomic E-state index is 12.7. The van der Waals surface area contributed by atoms with Gasteiger partial charge in [0.15, 0.2) is 0 Å². The zero-order valence-corrected chi connectivity index (χ0v) is 12.0. The molecule has 1 saturated heterocycles. The van der Waals surface area contributed by atoms with Crippen molar-refractivity contribution in [2.75, 3.05) is 31.1 Å². The van der Waals surface area contributed by atoms with Crippen molar-refractivity contribution in [1.82, 2.24) is 4.90 Å². The molecule has 2 aliphatic rings. The zero-order valence-electron chi connectivity index (χ0n) is 12.0. The van der Waals surface area contributed by atoms with E-state index in [0.717, 1.165) is 44.7 Å². The van der Waals surface area contributed by atoms with Crippen LogP contribution in [0, 0.1) is 11.3 Å². The van der Waals surface area contributed by atoms with Crippen LogP contribution in [0.3, 0.4) is 0 Å². The van der Waals surface area contributed by atoms with E-state index in [1.807, 2.05) is 11.0 Å². The average molecular weight is 307 g/mol. The first-order valence-electron chi connectivity index (χ1n) is 7.24. The predicted octanol–water partition coefficient (Wildman–Crippen LogP) is 3.03. The Kier molecular flexibility index (Phi) is 3.83.